The summed E-state index contributed by atoms with van der Waals surface area (Å²) in [5, 5.41) is 3.29. The van der Waals surface area contributed by atoms with Crippen LogP contribution in [0.5, 0.6) is 0 Å². The van der Waals surface area contributed by atoms with Crippen molar-refractivity contribution < 1.29 is 14.3 Å². The fraction of sp³-hybridized carbons (Fsp3) is 0.222. The number of hydrogen-bond donors (Lipinski definition) is 0. The first-order valence-corrected chi connectivity index (χ1v) is 10.2. The average Bonchev–Trinajstić information content (AvgIpc) is 3.37. The fourth-order valence-electron chi connectivity index (χ4n) is 4.68. The van der Waals surface area contributed by atoms with E-state index in [1.807, 2.05) is 48.5 Å². The van der Waals surface area contributed by atoms with Gasteiger partial charge in [-0.1, -0.05) is 36.4 Å². The van der Waals surface area contributed by atoms with E-state index in [0.717, 1.165) is 27.1 Å². The summed E-state index contributed by atoms with van der Waals surface area (Å²) in [7, 11) is 0. The van der Waals surface area contributed by atoms with Crippen LogP contribution in [0.3, 0.4) is 0 Å². The van der Waals surface area contributed by atoms with Crippen molar-refractivity contribution in [1.82, 2.24) is 4.98 Å². The highest BCUT2D eigenvalue weighted by Gasteiger charge is 2.26. The van der Waals surface area contributed by atoms with Crippen LogP contribution in [0.2, 0.25) is 0 Å². The average molecular weight is 400 g/mol. The van der Waals surface area contributed by atoms with E-state index >= 15 is 0 Å². The Morgan fingerprint density at radius 2 is 1.97 bits per heavy atom. The van der Waals surface area contributed by atoms with Crippen molar-refractivity contribution in [2.45, 2.75) is 38.2 Å². The van der Waals surface area contributed by atoms with E-state index in [-0.39, 0.29) is 12.0 Å². The van der Waals surface area contributed by atoms with Crippen LogP contribution in [0.25, 0.3) is 44.0 Å². The van der Waals surface area contributed by atoms with Crippen molar-refractivity contribution in [3.63, 3.8) is 0 Å². The van der Waals surface area contributed by atoms with Gasteiger partial charge in [-0.3, -0.25) is 4.98 Å². The summed E-state index contributed by atoms with van der Waals surface area (Å²) in [6, 6.07) is 18.5. The van der Waals surface area contributed by atoms with Gasteiger partial charge in [-0.15, -0.1) is 0 Å². The van der Waals surface area contributed by atoms with Gasteiger partial charge in [-0.2, -0.15) is 0 Å². The van der Waals surface area contributed by atoms with E-state index in [2.05, 4.69) is 4.98 Å². The number of para-hydroxylation sites is 1. The Labute approximate surface area is 180 Å². The number of halogens is 1. The normalized spacial score (nSPS) is 24.1. The zero-order valence-electron chi connectivity index (χ0n) is 20.3. The lowest BCUT2D eigenvalue weighted by atomic mass is 9.93. The van der Waals surface area contributed by atoms with Crippen molar-refractivity contribution in [1.29, 1.82) is 0 Å². The Bertz CT molecular complexity index is 1570. The second-order valence-electron chi connectivity index (χ2n) is 8.04. The van der Waals surface area contributed by atoms with Crippen LogP contribution in [0, 0.1) is 6.85 Å². The summed E-state index contributed by atoms with van der Waals surface area (Å²) >= 11 is 0. The molecule has 0 spiro atoms. The second kappa shape index (κ2) is 6.66. The molecule has 1 aliphatic rings. The number of fused-ring (bicyclic) bond motifs is 4. The minimum absolute atomic E-state index is 0.205. The molecular formula is C27H22FNO. The van der Waals surface area contributed by atoms with E-state index in [9.17, 15) is 4.39 Å². The van der Waals surface area contributed by atoms with Gasteiger partial charge in [0, 0.05) is 33.4 Å². The molecule has 2 atom stereocenters. The number of furan rings is 1. The first-order valence-electron chi connectivity index (χ1n) is 12.2. The predicted molar refractivity (Wildman–Crippen MR) is 121 cm³/mol. The van der Waals surface area contributed by atoms with Crippen molar-refractivity contribution in [3.05, 3.63) is 78.0 Å². The molecule has 0 amide bonds. The van der Waals surface area contributed by atoms with Crippen molar-refractivity contribution in [2.75, 3.05) is 0 Å². The van der Waals surface area contributed by atoms with E-state index < -0.39 is 18.9 Å². The van der Waals surface area contributed by atoms with Gasteiger partial charge in [0.1, 0.15) is 17.3 Å². The Morgan fingerprint density at radius 3 is 2.83 bits per heavy atom. The van der Waals surface area contributed by atoms with Crippen molar-refractivity contribution >= 4 is 32.7 Å². The third-order valence-electron chi connectivity index (χ3n) is 6.13. The molecule has 0 N–H and O–H groups in total. The molecule has 0 saturated heterocycles. The van der Waals surface area contributed by atoms with Crippen LogP contribution in [-0.4, -0.2) is 11.2 Å². The number of rotatable bonds is 2. The molecule has 0 aliphatic heterocycles. The van der Waals surface area contributed by atoms with Crippen molar-refractivity contribution in [3.8, 4) is 11.3 Å². The van der Waals surface area contributed by atoms with E-state index in [0.29, 0.717) is 35.3 Å². The van der Waals surface area contributed by atoms with E-state index in [1.54, 1.807) is 18.3 Å². The summed E-state index contributed by atoms with van der Waals surface area (Å²) in [5.41, 5.74) is 3.52. The SMILES string of the molecule is [2H]C([2H])([2H])c1cc(-c2nccc3cc(C4([2H])CCC(F)C4)ccc23)c2oc3ccccc3c2c1. The first-order chi connectivity index (χ1) is 16.2. The van der Waals surface area contributed by atoms with Crippen LogP contribution in [0.15, 0.2) is 71.3 Å². The van der Waals surface area contributed by atoms with Gasteiger partial charge in [0.15, 0.2) is 0 Å². The van der Waals surface area contributed by atoms with Gasteiger partial charge in [0.25, 0.3) is 0 Å². The molecule has 1 aliphatic carbocycles. The molecular weight excluding hydrogens is 373 g/mol. The summed E-state index contributed by atoms with van der Waals surface area (Å²) in [6.07, 6.45) is 1.86. The van der Waals surface area contributed by atoms with Crippen LogP contribution in [0.4, 0.5) is 4.39 Å². The molecule has 2 aromatic heterocycles. The molecule has 3 heteroatoms. The Balaban J connectivity index is 1.61. The predicted octanol–water partition coefficient (Wildman–Crippen LogP) is 7.72. The lowest BCUT2D eigenvalue weighted by Gasteiger charge is -2.13. The molecule has 3 aromatic carbocycles. The number of aromatic nitrogens is 1. The maximum Gasteiger partial charge on any atom is 0.144 e. The smallest absolute Gasteiger partial charge is 0.144 e. The number of benzene rings is 3. The third-order valence-corrected chi connectivity index (χ3v) is 6.13. The molecule has 1 saturated carbocycles. The molecule has 148 valence electrons. The molecule has 2 unspecified atom stereocenters. The number of pyridine rings is 1. The van der Waals surface area contributed by atoms with Gasteiger partial charge in [-0.25, -0.2) is 4.39 Å². The van der Waals surface area contributed by atoms with E-state index in [4.69, 9.17) is 9.90 Å². The highest BCUT2D eigenvalue weighted by molar-refractivity contribution is 6.11. The molecule has 1 fully saturated rings. The minimum atomic E-state index is -2.29. The summed E-state index contributed by atoms with van der Waals surface area (Å²) < 4.78 is 52.9. The van der Waals surface area contributed by atoms with Crippen LogP contribution in [0.1, 0.15) is 41.8 Å². The highest BCUT2D eigenvalue weighted by Crippen LogP contribution is 2.40. The monoisotopic (exact) mass is 399 g/mol. The third kappa shape index (κ3) is 2.72. The van der Waals surface area contributed by atoms with Crippen LogP contribution in [-0.2, 0) is 0 Å². The molecule has 2 nitrogen and oxygen atoms in total. The van der Waals surface area contributed by atoms with Gasteiger partial charge in [0.05, 0.1) is 5.69 Å². The maximum absolute atomic E-state index is 13.9. The second-order valence-corrected chi connectivity index (χ2v) is 8.04. The number of alkyl halides is 1. The van der Waals surface area contributed by atoms with E-state index in [1.165, 1.54) is 0 Å². The molecule has 0 bridgehead atoms. The highest BCUT2D eigenvalue weighted by atomic mass is 19.1. The molecule has 5 aromatic rings. The quantitative estimate of drug-likeness (QED) is 0.304. The summed E-state index contributed by atoms with van der Waals surface area (Å²) in [5.74, 6) is -0.926. The van der Waals surface area contributed by atoms with Gasteiger partial charge in [-0.05, 0) is 72.8 Å². The summed E-state index contributed by atoms with van der Waals surface area (Å²) in [4.78, 5) is 4.63. The zero-order valence-corrected chi connectivity index (χ0v) is 16.3. The molecule has 6 rings (SSSR count). The largest absolute Gasteiger partial charge is 0.455 e. The first kappa shape index (κ1) is 13.9. The Morgan fingerprint density at radius 1 is 1.03 bits per heavy atom. The number of aryl methyl sites for hydroxylation is 1. The maximum atomic E-state index is 13.9. The van der Waals surface area contributed by atoms with Crippen molar-refractivity contribution in [2.24, 2.45) is 0 Å². The Hall–Kier alpha value is -3.20. The van der Waals surface area contributed by atoms with Gasteiger partial charge < -0.3 is 4.42 Å². The van der Waals surface area contributed by atoms with Gasteiger partial charge >= 0.3 is 0 Å². The van der Waals surface area contributed by atoms with Crippen LogP contribution < -0.4 is 0 Å². The van der Waals surface area contributed by atoms with Crippen LogP contribution >= 0.6 is 0 Å². The number of hydrogen-bond acceptors (Lipinski definition) is 2. The minimum Gasteiger partial charge on any atom is -0.455 e. The molecule has 30 heavy (non-hydrogen) atoms. The van der Waals surface area contributed by atoms with Gasteiger partial charge in [0.2, 0.25) is 0 Å². The molecule has 0 radical (unpaired) electrons. The lowest BCUT2D eigenvalue weighted by Crippen LogP contribution is -1.96. The Kier molecular flexibility index (Phi) is 3.09. The summed E-state index contributed by atoms with van der Waals surface area (Å²) in [6.45, 7) is -2.29. The standard InChI is InChI=1S/C27H22FNO/c1-16-12-23-22-4-2-3-5-25(22)30-27(23)24(13-16)26-21-9-7-17(14-19(21)10-11-29-26)18-6-8-20(28)15-18/h2-5,7,9-14,18,20H,6,8,15H2,1H3/i1D3,18D. The number of nitrogens with zero attached hydrogens (tertiary/aromatic N) is 1. The fourth-order valence-corrected chi connectivity index (χ4v) is 4.68. The molecule has 2 heterocycles. The zero-order chi connectivity index (χ0) is 23.7. The topological polar surface area (TPSA) is 26.0 Å². The lowest BCUT2D eigenvalue weighted by molar-refractivity contribution is 0.339.